The molecule has 1 aliphatic rings. The highest BCUT2D eigenvalue weighted by Gasteiger charge is 2.20. The summed E-state index contributed by atoms with van der Waals surface area (Å²) in [7, 11) is 1.64. The van der Waals surface area contributed by atoms with Gasteiger partial charge >= 0.3 is 0 Å². The van der Waals surface area contributed by atoms with E-state index in [1.807, 2.05) is 54.6 Å². The lowest BCUT2D eigenvalue weighted by Crippen LogP contribution is -2.16. The molecule has 142 valence electrons. The van der Waals surface area contributed by atoms with Gasteiger partial charge in [0.2, 0.25) is 6.79 Å². The molecule has 0 radical (unpaired) electrons. The third kappa shape index (κ3) is 3.93. The molecular weight excluding hydrogens is 354 g/mol. The molecule has 0 saturated heterocycles. The largest absolute Gasteiger partial charge is 0.497 e. The molecule has 0 aromatic heterocycles. The number of anilines is 1. The van der Waals surface area contributed by atoms with E-state index in [9.17, 15) is 4.79 Å². The number of ether oxygens (including phenoxy) is 3. The Morgan fingerprint density at radius 2 is 1.75 bits per heavy atom. The van der Waals surface area contributed by atoms with Crippen LogP contribution in [0.5, 0.6) is 17.2 Å². The van der Waals surface area contributed by atoms with Gasteiger partial charge in [-0.3, -0.25) is 4.79 Å². The third-order valence-electron chi connectivity index (χ3n) is 4.72. The topological polar surface area (TPSA) is 56.8 Å². The molecule has 28 heavy (non-hydrogen) atoms. The molecule has 0 fully saturated rings. The molecule has 0 saturated carbocycles. The Bertz CT molecular complexity index is 954. The molecule has 0 bridgehead atoms. The second-order valence-electron chi connectivity index (χ2n) is 6.53. The number of methoxy groups -OCH3 is 1. The lowest BCUT2D eigenvalue weighted by Gasteiger charge is -2.20. The maximum atomic E-state index is 13.0. The highest BCUT2D eigenvalue weighted by molar-refractivity contribution is 5.97. The number of Topliss-reactive ketones (excluding diaryl/α,β-unsaturated/α-hetero) is 1. The molecule has 0 spiro atoms. The van der Waals surface area contributed by atoms with Crippen LogP contribution in [-0.4, -0.2) is 19.7 Å². The van der Waals surface area contributed by atoms with Crippen molar-refractivity contribution in [1.82, 2.24) is 0 Å². The quantitative estimate of drug-likeness (QED) is 0.598. The number of nitrogens with one attached hydrogen (secondary N) is 1. The number of rotatable bonds is 7. The van der Waals surface area contributed by atoms with Crippen molar-refractivity contribution in [3.8, 4) is 17.2 Å². The van der Waals surface area contributed by atoms with Crippen molar-refractivity contribution in [3.63, 3.8) is 0 Å². The minimum Gasteiger partial charge on any atom is -0.497 e. The molecule has 1 N–H and O–H groups in total. The molecule has 1 aliphatic heterocycles. The minimum atomic E-state index is -0.175. The van der Waals surface area contributed by atoms with Crippen molar-refractivity contribution in [1.29, 1.82) is 0 Å². The number of hydrogen-bond acceptors (Lipinski definition) is 5. The van der Waals surface area contributed by atoms with Crippen LogP contribution in [0.3, 0.4) is 0 Å². The molecule has 1 heterocycles. The molecule has 3 aromatic rings. The van der Waals surface area contributed by atoms with E-state index in [4.69, 9.17) is 14.2 Å². The zero-order chi connectivity index (χ0) is 19.3. The Hall–Kier alpha value is -3.47. The molecule has 0 amide bonds. The van der Waals surface area contributed by atoms with Crippen LogP contribution in [0.1, 0.15) is 28.4 Å². The Morgan fingerprint density at radius 3 is 2.50 bits per heavy atom. The Labute approximate surface area is 163 Å². The summed E-state index contributed by atoms with van der Waals surface area (Å²) in [5.41, 5.74) is 2.58. The second-order valence-corrected chi connectivity index (χ2v) is 6.53. The monoisotopic (exact) mass is 375 g/mol. The first-order valence-corrected chi connectivity index (χ1v) is 9.11. The normalized spacial score (nSPS) is 13.0. The fourth-order valence-corrected chi connectivity index (χ4v) is 3.20. The van der Waals surface area contributed by atoms with Gasteiger partial charge < -0.3 is 19.5 Å². The molecule has 0 unspecified atom stereocenters. The summed E-state index contributed by atoms with van der Waals surface area (Å²) in [6.45, 7) is 0.191. The predicted octanol–water partition coefficient (Wildman–Crippen LogP) is 4.85. The van der Waals surface area contributed by atoms with E-state index in [0.717, 1.165) is 17.0 Å². The van der Waals surface area contributed by atoms with Gasteiger partial charge in [0.15, 0.2) is 17.3 Å². The standard InChI is InChI=1S/C23H21NO4/c1-26-19-10-7-16(8-11-19)20(24-18-5-3-2-4-6-18)14-21(25)17-9-12-22-23(13-17)28-15-27-22/h2-13,20,24H,14-15H2,1H3/t20-/m1/s1. The fourth-order valence-electron chi connectivity index (χ4n) is 3.20. The predicted molar refractivity (Wildman–Crippen MR) is 107 cm³/mol. The van der Waals surface area contributed by atoms with E-state index < -0.39 is 0 Å². The van der Waals surface area contributed by atoms with Gasteiger partial charge in [0.05, 0.1) is 13.2 Å². The van der Waals surface area contributed by atoms with Gasteiger partial charge in [-0.1, -0.05) is 30.3 Å². The Kier molecular flexibility index (Phi) is 5.15. The molecule has 1 atom stereocenters. The summed E-state index contributed by atoms with van der Waals surface area (Å²) >= 11 is 0. The Balaban J connectivity index is 1.58. The van der Waals surface area contributed by atoms with Crippen LogP contribution in [-0.2, 0) is 0 Å². The lowest BCUT2D eigenvalue weighted by atomic mass is 9.97. The van der Waals surface area contributed by atoms with Gasteiger partial charge in [-0.2, -0.15) is 0 Å². The van der Waals surface area contributed by atoms with Crippen molar-refractivity contribution in [2.45, 2.75) is 12.5 Å². The van der Waals surface area contributed by atoms with Gasteiger partial charge in [-0.15, -0.1) is 0 Å². The van der Waals surface area contributed by atoms with Gasteiger partial charge in [0.1, 0.15) is 5.75 Å². The summed E-state index contributed by atoms with van der Waals surface area (Å²) in [4.78, 5) is 13.0. The molecule has 0 aliphatic carbocycles. The van der Waals surface area contributed by atoms with E-state index in [1.165, 1.54) is 0 Å². The molecule has 5 heteroatoms. The van der Waals surface area contributed by atoms with Gasteiger partial charge in [0.25, 0.3) is 0 Å². The SMILES string of the molecule is COc1ccc([C@@H](CC(=O)c2ccc3c(c2)OCO3)Nc2ccccc2)cc1. The van der Waals surface area contributed by atoms with Gasteiger partial charge in [-0.25, -0.2) is 0 Å². The van der Waals surface area contributed by atoms with Crippen LogP contribution in [0.15, 0.2) is 72.8 Å². The summed E-state index contributed by atoms with van der Waals surface area (Å²) in [5, 5.41) is 3.47. The summed E-state index contributed by atoms with van der Waals surface area (Å²) in [6, 6.07) is 22.8. The zero-order valence-corrected chi connectivity index (χ0v) is 15.6. The first kappa shape index (κ1) is 17.9. The van der Waals surface area contributed by atoms with Crippen LogP contribution in [0.4, 0.5) is 5.69 Å². The number of hydrogen-bond donors (Lipinski definition) is 1. The maximum absolute atomic E-state index is 13.0. The van der Waals surface area contributed by atoms with Crippen LogP contribution < -0.4 is 19.5 Å². The average Bonchev–Trinajstić information content (AvgIpc) is 3.22. The van der Waals surface area contributed by atoms with Crippen LogP contribution in [0.25, 0.3) is 0 Å². The maximum Gasteiger partial charge on any atom is 0.231 e. The minimum absolute atomic E-state index is 0.0301. The zero-order valence-electron chi connectivity index (χ0n) is 15.6. The van der Waals surface area contributed by atoms with Crippen molar-refractivity contribution in [2.24, 2.45) is 0 Å². The first-order valence-electron chi connectivity index (χ1n) is 9.11. The molecule has 5 nitrogen and oxygen atoms in total. The molecular formula is C23H21NO4. The van der Waals surface area contributed by atoms with E-state index >= 15 is 0 Å². The van der Waals surface area contributed by atoms with Crippen molar-refractivity contribution in [3.05, 3.63) is 83.9 Å². The molecule has 3 aromatic carbocycles. The van der Waals surface area contributed by atoms with Crippen molar-refractivity contribution >= 4 is 11.5 Å². The van der Waals surface area contributed by atoms with E-state index in [1.54, 1.807) is 25.3 Å². The Morgan fingerprint density at radius 1 is 1.00 bits per heavy atom. The van der Waals surface area contributed by atoms with E-state index in [-0.39, 0.29) is 18.6 Å². The smallest absolute Gasteiger partial charge is 0.231 e. The highest BCUT2D eigenvalue weighted by atomic mass is 16.7. The van der Waals surface area contributed by atoms with Crippen molar-refractivity contribution in [2.75, 3.05) is 19.2 Å². The summed E-state index contributed by atoms with van der Waals surface area (Å²) < 4.78 is 16.0. The number of carbonyl (C=O) groups excluding carboxylic acids is 1. The fraction of sp³-hybridized carbons (Fsp3) is 0.174. The van der Waals surface area contributed by atoms with Gasteiger partial charge in [-0.05, 0) is 48.0 Å². The second kappa shape index (κ2) is 8.05. The van der Waals surface area contributed by atoms with Gasteiger partial charge in [0, 0.05) is 17.7 Å². The first-order chi connectivity index (χ1) is 13.7. The summed E-state index contributed by atoms with van der Waals surface area (Å²) in [6.07, 6.45) is 0.306. The summed E-state index contributed by atoms with van der Waals surface area (Å²) in [5.74, 6) is 2.10. The lowest BCUT2D eigenvalue weighted by molar-refractivity contribution is 0.0976. The number of carbonyl (C=O) groups is 1. The number of benzene rings is 3. The number of para-hydroxylation sites is 1. The average molecular weight is 375 g/mol. The van der Waals surface area contributed by atoms with Crippen LogP contribution in [0.2, 0.25) is 0 Å². The van der Waals surface area contributed by atoms with Crippen LogP contribution >= 0.6 is 0 Å². The third-order valence-corrected chi connectivity index (χ3v) is 4.72. The van der Waals surface area contributed by atoms with E-state index in [2.05, 4.69) is 5.32 Å². The molecule has 4 rings (SSSR count). The number of fused-ring (bicyclic) bond motifs is 1. The highest BCUT2D eigenvalue weighted by Crippen LogP contribution is 2.34. The number of ketones is 1. The van der Waals surface area contributed by atoms with Crippen molar-refractivity contribution < 1.29 is 19.0 Å². The van der Waals surface area contributed by atoms with E-state index in [0.29, 0.717) is 23.5 Å². The van der Waals surface area contributed by atoms with Crippen LogP contribution in [0, 0.1) is 0 Å².